The van der Waals surface area contributed by atoms with E-state index in [2.05, 4.69) is 39.9 Å². The van der Waals surface area contributed by atoms with E-state index in [1.165, 1.54) is 5.56 Å². The molecule has 0 aliphatic heterocycles. The van der Waals surface area contributed by atoms with Crippen molar-refractivity contribution in [3.05, 3.63) is 54.2 Å². The number of aryl methyl sites for hydroxylation is 1. The second-order valence-corrected chi connectivity index (χ2v) is 6.65. The average Bonchev–Trinajstić information content (AvgIpc) is 2.53. The van der Waals surface area contributed by atoms with Crippen LogP contribution in [0.2, 0.25) is 0 Å². The van der Waals surface area contributed by atoms with Gasteiger partial charge in [0.25, 0.3) is 0 Å². The van der Waals surface area contributed by atoms with E-state index in [4.69, 9.17) is 0 Å². The summed E-state index contributed by atoms with van der Waals surface area (Å²) in [5.41, 5.74) is 1.90. The molecule has 0 saturated carbocycles. The molecule has 0 aliphatic carbocycles. The van der Waals surface area contributed by atoms with Crippen LogP contribution in [0.4, 0.5) is 11.5 Å². The Balaban J connectivity index is 1.76. The van der Waals surface area contributed by atoms with Gasteiger partial charge in [0.05, 0.1) is 11.9 Å². The van der Waals surface area contributed by atoms with E-state index < -0.39 is 5.41 Å². The Labute approximate surface area is 138 Å². The molecule has 0 unspecified atom stereocenters. The highest BCUT2D eigenvalue weighted by Gasteiger charge is 2.21. The second-order valence-electron chi connectivity index (χ2n) is 6.65. The van der Waals surface area contributed by atoms with E-state index in [1.54, 1.807) is 6.20 Å². The number of hydrogen-bond donors (Lipinski definition) is 2. The van der Waals surface area contributed by atoms with Gasteiger partial charge in [-0.3, -0.25) is 4.79 Å². The number of hydrogen-bond acceptors (Lipinski definition) is 3. The molecule has 23 heavy (non-hydrogen) atoms. The van der Waals surface area contributed by atoms with E-state index in [0.717, 1.165) is 25.1 Å². The Morgan fingerprint density at radius 3 is 2.43 bits per heavy atom. The first kappa shape index (κ1) is 17.0. The third-order valence-electron chi connectivity index (χ3n) is 3.50. The number of benzene rings is 1. The molecular weight excluding hydrogens is 286 g/mol. The molecule has 1 amide bonds. The fourth-order valence-electron chi connectivity index (χ4n) is 2.05. The lowest BCUT2D eigenvalue weighted by molar-refractivity contribution is -0.123. The zero-order valence-electron chi connectivity index (χ0n) is 14.1. The third-order valence-corrected chi connectivity index (χ3v) is 3.50. The van der Waals surface area contributed by atoms with Gasteiger partial charge in [-0.2, -0.15) is 0 Å². The van der Waals surface area contributed by atoms with Gasteiger partial charge in [0.1, 0.15) is 5.82 Å². The van der Waals surface area contributed by atoms with Crippen LogP contribution in [0.1, 0.15) is 32.8 Å². The molecule has 1 aromatic carbocycles. The highest BCUT2D eigenvalue weighted by atomic mass is 16.2. The number of carbonyl (C=O) groups is 1. The monoisotopic (exact) mass is 311 g/mol. The summed E-state index contributed by atoms with van der Waals surface area (Å²) in [4.78, 5) is 16.2. The number of amides is 1. The Hall–Kier alpha value is -2.36. The molecule has 1 aromatic heterocycles. The van der Waals surface area contributed by atoms with E-state index in [9.17, 15) is 4.79 Å². The van der Waals surface area contributed by atoms with Gasteiger partial charge in [-0.1, -0.05) is 51.1 Å². The first-order chi connectivity index (χ1) is 10.9. The van der Waals surface area contributed by atoms with Crippen molar-refractivity contribution in [1.82, 2.24) is 4.98 Å². The summed E-state index contributed by atoms with van der Waals surface area (Å²) >= 11 is 0. The Kier molecular flexibility index (Phi) is 5.74. The topological polar surface area (TPSA) is 54.0 Å². The van der Waals surface area contributed by atoms with E-state index in [0.29, 0.717) is 5.82 Å². The molecule has 0 radical (unpaired) electrons. The Bertz CT molecular complexity index is 615. The first-order valence-corrected chi connectivity index (χ1v) is 8.00. The molecule has 0 atom stereocenters. The molecule has 0 fully saturated rings. The highest BCUT2D eigenvalue weighted by Crippen LogP contribution is 2.17. The molecule has 0 saturated heterocycles. The highest BCUT2D eigenvalue weighted by molar-refractivity contribution is 5.93. The van der Waals surface area contributed by atoms with Crippen LogP contribution in [-0.2, 0) is 11.2 Å². The van der Waals surface area contributed by atoms with Crippen molar-refractivity contribution in [2.24, 2.45) is 5.41 Å². The van der Waals surface area contributed by atoms with Gasteiger partial charge in [-0.15, -0.1) is 0 Å². The summed E-state index contributed by atoms with van der Waals surface area (Å²) in [5, 5.41) is 6.17. The van der Waals surface area contributed by atoms with Crippen molar-refractivity contribution in [3.8, 4) is 0 Å². The standard InChI is InChI=1S/C19H25N3O/c1-19(2,3)18(23)22-17-12-11-16(14-21-17)20-13-7-10-15-8-5-4-6-9-15/h4-6,8-9,11-12,14,20H,7,10,13H2,1-3H3,(H,21,22,23). The van der Waals surface area contributed by atoms with Gasteiger partial charge in [0.15, 0.2) is 0 Å². The fraction of sp³-hybridized carbons (Fsp3) is 0.368. The minimum Gasteiger partial charge on any atom is -0.384 e. The summed E-state index contributed by atoms with van der Waals surface area (Å²) in [6.45, 7) is 6.53. The third kappa shape index (κ3) is 5.74. The van der Waals surface area contributed by atoms with Crippen LogP contribution in [0.25, 0.3) is 0 Å². The van der Waals surface area contributed by atoms with Crippen LogP contribution in [0.3, 0.4) is 0 Å². The number of rotatable bonds is 6. The van der Waals surface area contributed by atoms with Gasteiger partial charge >= 0.3 is 0 Å². The average molecular weight is 311 g/mol. The SMILES string of the molecule is CC(C)(C)C(=O)Nc1ccc(NCCCc2ccccc2)cn1. The van der Waals surface area contributed by atoms with Crippen LogP contribution in [-0.4, -0.2) is 17.4 Å². The molecular formula is C19H25N3O. The summed E-state index contributed by atoms with van der Waals surface area (Å²) in [6, 6.07) is 14.2. The fourth-order valence-corrected chi connectivity index (χ4v) is 2.05. The second kappa shape index (κ2) is 7.77. The maximum atomic E-state index is 11.9. The Morgan fingerprint density at radius 1 is 1.09 bits per heavy atom. The smallest absolute Gasteiger partial charge is 0.230 e. The Morgan fingerprint density at radius 2 is 1.83 bits per heavy atom. The maximum absolute atomic E-state index is 11.9. The van der Waals surface area contributed by atoms with Crippen molar-refractivity contribution in [1.29, 1.82) is 0 Å². The summed E-state index contributed by atoms with van der Waals surface area (Å²) in [5.74, 6) is 0.549. The predicted octanol–water partition coefficient (Wildman–Crippen LogP) is 4.11. The van der Waals surface area contributed by atoms with Gasteiger partial charge in [-0.25, -0.2) is 4.98 Å². The normalized spacial score (nSPS) is 11.1. The lowest BCUT2D eigenvalue weighted by atomic mass is 9.96. The molecule has 0 spiro atoms. The van der Waals surface area contributed by atoms with Crippen LogP contribution < -0.4 is 10.6 Å². The van der Waals surface area contributed by atoms with Crippen molar-refractivity contribution in [3.63, 3.8) is 0 Å². The maximum Gasteiger partial charge on any atom is 0.230 e. The molecule has 0 aliphatic rings. The number of pyridine rings is 1. The van der Waals surface area contributed by atoms with Crippen molar-refractivity contribution >= 4 is 17.4 Å². The molecule has 2 aromatic rings. The van der Waals surface area contributed by atoms with Gasteiger partial charge < -0.3 is 10.6 Å². The van der Waals surface area contributed by atoms with Crippen LogP contribution in [0.5, 0.6) is 0 Å². The minimum atomic E-state index is -0.421. The zero-order chi connectivity index (χ0) is 16.7. The van der Waals surface area contributed by atoms with Crippen LogP contribution in [0, 0.1) is 5.41 Å². The quantitative estimate of drug-likeness (QED) is 0.789. The molecule has 2 rings (SSSR count). The van der Waals surface area contributed by atoms with Crippen molar-refractivity contribution in [2.75, 3.05) is 17.2 Å². The molecule has 4 nitrogen and oxygen atoms in total. The lowest BCUT2D eigenvalue weighted by Crippen LogP contribution is -2.27. The molecule has 0 bridgehead atoms. The summed E-state index contributed by atoms with van der Waals surface area (Å²) in [7, 11) is 0. The van der Waals surface area contributed by atoms with Crippen molar-refractivity contribution < 1.29 is 4.79 Å². The number of anilines is 2. The predicted molar refractivity (Wildman–Crippen MR) is 95.6 cm³/mol. The van der Waals surface area contributed by atoms with E-state index in [-0.39, 0.29) is 5.91 Å². The summed E-state index contributed by atoms with van der Waals surface area (Å²) in [6.07, 6.45) is 3.87. The number of carbonyl (C=O) groups excluding carboxylic acids is 1. The molecule has 122 valence electrons. The minimum absolute atomic E-state index is 0.0337. The number of nitrogens with one attached hydrogen (secondary N) is 2. The van der Waals surface area contributed by atoms with Gasteiger partial charge in [0.2, 0.25) is 5.91 Å². The zero-order valence-corrected chi connectivity index (χ0v) is 14.1. The van der Waals surface area contributed by atoms with Gasteiger partial charge in [-0.05, 0) is 30.5 Å². The van der Waals surface area contributed by atoms with Crippen LogP contribution in [0.15, 0.2) is 48.7 Å². The molecule has 2 N–H and O–H groups in total. The van der Waals surface area contributed by atoms with E-state index >= 15 is 0 Å². The van der Waals surface area contributed by atoms with Crippen molar-refractivity contribution in [2.45, 2.75) is 33.6 Å². The lowest BCUT2D eigenvalue weighted by Gasteiger charge is -2.17. The van der Waals surface area contributed by atoms with Gasteiger partial charge in [0, 0.05) is 12.0 Å². The number of aromatic nitrogens is 1. The first-order valence-electron chi connectivity index (χ1n) is 8.00. The molecule has 4 heteroatoms. The van der Waals surface area contributed by atoms with E-state index in [1.807, 2.05) is 39.0 Å². The van der Waals surface area contributed by atoms with Crippen LogP contribution >= 0.6 is 0 Å². The largest absolute Gasteiger partial charge is 0.384 e. The summed E-state index contributed by atoms with van der Waals surface area (Å²) < 4.78 is 0. The molecule has 1 heterocycles. The number of nitrogens with zero attached hydrogens (tertiary/aromatic N) is 1.